The van der Waals surface area contributed by atoms with Crippen molar-refractivity contribution in [2.24, 2.45) is 5.41 Å². The number of carboxylic acid groups (broad SMARTS) is 1. The Morgan fingerprint density at radius 1 is 1.29 bits per heavy atom. The van der Waals surface area contributed by atoms with Gasteiger partial charge in [-0.25, -0.2) is 4.79 Å². The van der Waals surface area contributed by atoms with Crippen LogP contribution in [0.4, 0.5) is 5.69 Å². The van der Waals surface area contributed by atoms with Gasteiger partial charge < -0.3 is 10.4 Å². The van der Waals surface area contributed by atoms with Gasteiger partial charge in [0.15, 0.2) is 0 Å². The fourth-order valence-electron chi connectivity index (χ4n) is 1.06. The minimum atomic E-state index is -0.975. The van der Waals surface area contributed by atoms with Gasteiger partial charge in [0.25, 0.3) is 0 Å². The molecule has 0 saturated heterocycles. The van der Waals surface area contributed by atoms with Gasteiger partial charge in [0.2, 0.25) is 5.91 Å². The predicted molar refractivity (Wildman–Crippen MR) is 74.2 cm³/mol. The summed E-state index contributed by atoms with van der Waals surface area (Å²) in [5.74, 6) is -1.07. The maximum Gasteiger partial charge on any atom is 0.335 e. The van der Waals surface area contributed by atoms with Crippen LogP contribution in [0.5, 0.6) is 0 Å². The highest BCUT2D eigenvalue weighted by atomic mass is 127. The van der Waals surface area contributed by atoms with Crippen molar-refractivity contribution >= 4 is 40.2 Å². The van der Waals surface area contributed by atoms with Crippen molar-refractivity contribution in [3.8, 4) is 0 Å². The summed E-state index contributed by atoms with van der Waals surface area (Å²) < 4.78 is 0.708. The van der Waals surface area contributed by atoms with Gasteiger partial charge in [-0.3, -0.25) is 4.79 Å². The monoisotopic (exact) mass is 347 g/mol. The number of rotatable bonds is 2. The van der Waals surface area contributed by atoms with E-state index in [2.05, 4.69) is 5.32 Å². The summed E-state index contributed by atoms with van der Waals surface area (Å²) in [6, 6.07) is 4.61. The third kappa shape index (κ3) is 3.69. The molecule has 0 heterocycles. The highest BCUT2D eigenvalue weighted by Crippen LogP contribution is 2.23. The number of hydrogen-bond donors (Lipinski definition) is 2. The zero-order valence-electron chi connectivity index (χ0n) is 9.87. The molecule has 0 fully saturated rings. The summed E-state index contributed by atoms with van der Waals surface area (Å²) in [6.07, 6.45) is 0. The van der Waals surface area contributed by atoms with E-state index < -0.39 is 11.4 Å². The van der Waals surface area contributed by atoms with Gasteiger partial charge in [0.05, 0.1) is 11.3 Å². The average Bonchev–Trinajstić information content (AvgIpc) is 2.19. The lowest BCUT2D eigenvalue weighted by Gasteiger charge is -2.18. The zero-order valence-corrected chi connectivity index (χ0v) is 12.0. The maximum atomic E-state index is 11.8. The highest BCUT2D eigenvalue weighted by molar-refractivity contribution is 14.1. The standard InChI is InChI=1S/C12H14INO3/c1-12(2,3)11(17)14-9-5-4-7(10(15)16)6-8(9)13/h4-6H,1-3H3,(H,14,17)(H,15,16). The van der Waals surface area contributed by atoms with Crippen LogP contribution >= 0.6 is 22.6 Å². The number of carbonyl (C=O) groups excluding carboxylic acids is 1. The quantitative estimate of drug-likeness (QED) is 0.809. The molecular weight excluding hydrogens is 333 g/mol. The fraction of sp³-hybridized carbons (Fsp3) is 0.333. The first kappa shape index (κ1) is 14.0. The van der Waals surface area contributed by atoms with Crippen LogP contribution in [0.1, 0.15) is 31.1 Å². The van der Waals surface area contributed by atoms with Gasteiger partial charge in [0.1, 0.15) is 0 Å². The van der Waals surface area contributed by atoms with Crippen LogP contribution in [-0.4, -0.2) is 17.0 Å². The Balaban J connectivity index is 2.95. The van der Waals surface area contributed by atoms with Crippen molar-refractivity contribution in [3.63, 3.8) is 0 Å². The Labute approximate surface area is 114 Å². The molecule has 0 spiro atoms. The van der Waals surface area contributed by atoms with Crippen molar-refractivity contribution < 1.29 is 14.7 Å². The van der Waals surface area contributed by atoms with E-state index in [1.54, 1.807) is 6.07 Å². The molecule has 5 heteroatoms. The molecule has 1 amide bonds. The molecule has 92 valence electrons. The number of nitrogens with one attached hydrogen (secondary N) is 1. The smallest absolute Gasteiger partial charge is 0.335 e. The van der Waals surface area contributed by atoms with Crippen molar-refractivity contribution in [2.45, 2.75) is 20.8 Å². The zero-order chi connectivity index (χ0) is 13.2. The van der Waals surface area contributed by atoms with E-state index in [0.717, 1.165) is 0 Å². The van der Waals surface area contributed by atoms with E-state index in [1.165, 1.54) is 12.1 Å². The number of aromatic carboxylic acids is 1. The normalized spacial score (nSPS) is 11.1. The maximum absolute atomic E-state index is 11.8. The fourth-order valence-corrected chi connectivity index (χ4v) is 1.71. The Hall–Kier alpha value is -1.11. The molecule has 0 unspecified atom stereocenters. The molecule has 4 nitrogen and oxygen atoms in total. The van der Waals surface area contributed by atoms with Gasteiger partial charge in [-0.15, -0.1) is 0 Å². The Morgan fingerprint density at radius 3 is 2.29 bits per heavy atom. The number of amides is 1. The van der Waals surface area contributed by atoms with E-state index in [0.29, 0.717) is 9.26 Å². The highest BCUT2D eigenvalue weighted by Gasteiger charge is 2.22. The van der Waals surface area contributed by atoms with E-state index in [4.69, 9.17) is 5.11 Å². The van der Waals surface area contributed by atoms with Crippen molar-refractivity contribution in [3.05, 3.63) is 27.3 Å². The van der Waals surface area contributed by atoms with Gasteiger partial charge >= 0.3 is 5.97 Å². The van der Waals surface area contributed by atoms with Crippen molar-refractivity contribution in [1.29, 1.82) is 0 Å². The average molecular weight is 347 g/mol. The second-order valence-electron chi connectivity index (χ2n) is 4.70. The van der Waals surface area contributed by atoms with E-state index in [9.17, 15) is 9.59 Å². The van der Waals surface area contributed by atoms with Gasteiger partial charge in [0, 0.05) is 8.99 Å². The molecule has 1 rings (SSSR count). The van der Waals surface area contributed by atoms with Crippen LogP contribution < -0.4 is 5.32 Å². The molecule has 0 bridgehead atoms. The number of hydrogen-bond acceptors (Lipinski definition) is 2. The summed E-state index contributed by atoms with van der Waals surface area (Å²) in [6.45, 7) is 5.46. The first-order valence-electron chi connectivity index (χ1n) is 5.06. The van der Waals surface area contributed by atoms with Crippen molar-refractivity contribution in [1.82, 2.24) is 0 Å². The van der Waals surface area contributed by atoms with Crippen molar-refractivity contribution in [2.75, 3.05) is 5.32 Å². The van der Waals surface area contributed by atoms with Gasteiger partial charge in [-0.2, -0.15) is 0 Å². The third-order valence-electron chi connectivity index (χ3n) is 2.15. The lowest BCUT2D eigenvalue weighted by atomic mass is 9.95. The largest absolute Gasteiger partial charge is 0.478 e. The number of anilines is 1. The molecule has 1 aromatic rings. The first-order valence-corrected chi connectivity index (χ1v) is 6.14. The van der Waals surface area contributed by atoms with Crippen LogP contribution in [0.15, 0.2) is 18.2 Å². The van der Waals surface area contributed by atoms with E-state index >= 15 is 0 Å². The minimum absolute atomic E-state index is 0.0986. The van der Waals surface area contributed by atoms with Crippen LogP contribution in [0, 0.1) is 8.99 Å². The summed E-state index contributed by atoms with van der Waals surface area (Å²) in [7, 11) is 0. The third-order valence-corrected chi connectivity index (χ3v) is 3.04. The first-order chi connectivity index (χ1) is 7.71. The number of halogens is 1. The van der Waals surface area contributed by atoms with Crippen LogP contribution in [0.3, 0.4) is 0 Å². The van der Waals surface area contributed by atoms with Gasteiger partial charge in [-0.1, -0.05) is 20.8 Å². The van der Waals surface area contributed by atoms with Crippen LogP contribution in [0.2, 0.25) is 0 Å². The lowest BCUT2D eigenvalue weighted by Crippen LogP contribution is -2.28. The van der Waals surface area contributed by atoms with Gasteiger partial charge in [-0.05, 0) is 40.8 Å². The molecule has 17 heavy (non-hydrogen) atoms. The summed E-state index contributed by atoms with van der Waals surface area (Å²) in [4.78, 5) is 22.5. The Bertz CT molecular complexity index is 463. The summed E-state index contributed by atoms with van der Waals surface area (Å²) in [5, 5.41) is 11.6. The second-order valence-corrected chi connectivity index (χ2v) is 5.87. The number of carbonyl (C=O) groups is 2. The summed E-state index contributed by atoms with van der Waals surface area (Å²) >= 11 is 2.00. The SMILES string of the molecule is CC(C)(C)C(=O)Nc1ccc(C(=O)O)cc1I. The lowest BCUT2D eigenvalue weighted by molar-refractivity contribution is -0.123. The molecule has 2 N–H and O–H groups in total. The molecule has 1 aromatic carbocycles. The number of carboxylic acids is 1. The van der Waals surface area contributed by atoms with Crippen LogP contribution in [0.25, 0.3) is 0 Å². The molecule has 0 atom stereocenters. The number of benzene rings is 1. The predicted octanol–water partition coefficient (Wildman–Crippen LogP) is 2.97. The molecule has 0 saturated carbocycles. The molecule has 0 radical (unpaired) electrons. The minimum Gasteiger partial charge on any atom is -0.478 e. The molecule has 0 aliphatic rings. The molecular formula is C12H14INO3. The molecule has 0 aromatic heterocycles. The Morgan fingerprint density at radius 2 is 1.88 bits per heavy atom. The topological polar surface area (TPSA) is 66.4 Å². The molecule has 0 aliphatic heterocycles. The molecule has 0 aliphatic carbocycles. The Kier molecular flexibility index (Phi) is 4.13. The van der Waals surface area contributed by atoms with Crippen LogP contribution in [-0.2, 0) is 4.79 Å². The second kappa shape index (κ2) is 5.03. The van der Waals surface area contributed by atoms with E-state index in [1.807, 2.05) is 43.4 Å². The van der Waals surface area contributed by atoms with E-state index in [-0.39, 0.29) is 11.5 Å². The summed E-state index contributed by atoms with van der Waals surface area (Å²) in [5.41, 5.74) is 0.368.